The molecule has 2 aliphatic heterocycles. The average Bonchev–Trinajstić information content (AvgIpc) is 3.40. The molecule has 5 rings (SSSR count). The van der Waals surface area contributed by atoms with Gasteiger partial charge in [0.15, 0.2) is 0 Å². The first-order valence-electron chi connectivity index (χ1n) is 11.9. The lowest BCUT2D eigenvalue weighted by Gasteiger charge is -2.34. The number of rotatable bonds is 7. The van der Waals surface area contributed by atoms with Crippen LogP contribution in [0.2, 0.25) is 0 Å². The minimum Gasteiger partial charge on any atom is -0.457 e. The van der Waals surface area contributed by atoms with Gasteiger partial charge in [-0.25, -0.2) is 4.98 Å². The molecule has 1 unspecified atom stereocenters. The average molecular weight is 446 g/mol. The molecule has 1 aromatic heterocycles. The molecule has 2 aromatic carbocycles. The van der Waals surface area contributed by atoms with Crippen LogP contribution in [-0.2, 0) is 11.3 Å². The number of oxazole rings is 1. The number of ether oxygens (including phenoxy) is 1. The van der Waals surface area contributed by atoms with Gasteiger partial charge in [-0.15, -0.1) is 0 Å². The number of likely N-dealkylation sites (tertiary alicyclic amines) is 2. The summed E-state index contributed by atoms with van der Waals surface area (Å²) in [5.41, 5.74) is 1.89. The van der Waals surface area contributed by atoms with E-state index in [1.165, 1.54) is 6.42 Å². The van der Waals surface area contributed by atoms with Crippen LogP contribution in [0.25, 0.3) is 11.5 Å². The molecule has 0 bridgehead atoms. The first kappa shape index (κ1) is 21.7. The van der Waals surface area contributed by atoms with Gasteiger partial charge in [-0.1, -0.05) is 24.3 Å². The molecule has 0 radical (unpaired) electrons. The number of nitrogens with zero attached hydrogens (tertiary/aromatic N) is 3. The molecule has 3 heterocycles. The highest BCUT2D eigenvalue weighted by molar-refractivity contribution is 5.78. The van der Waals surface area contributed by atoms with Gasteiger partial charge < -0.3 is 14.1 Å². The van der Waals surface area contributed by atoms with Gasteiger partial charge in [-0.05, 0) is 69.0 Å². The zero-order valence-corrected chi connectivity index (χ0v) is 19.2. The Hall–Kier alpha value is -3.12. The summed E-state index contributed by atoms with van der Waals surface area (Å²) in [5, 5.41) is 0. The van der Waals surface area contributed by atoms with E-state index in [-0.39, 0.29) is 0 Å². The van der Waals surface area contributed by atoms with E-state index in [2.05, 4.69) is 9.80 Å². The number of hydrogen-bond donors (Lipinski definition) is 0. The number of benzene rings is 2. The molecule has 6 heteroatoms. The Morgan fingerprint density at radius 3 is 2.73 bits per heavy atom. The SMILES string of the molecule is Cc1oc(-c2cccc(Oc3ccccc3)c2)nc1CN1CCCC(CN2CCCC2=O)C1. The van der Waals surface area contributed by atoms with Gasteiger partial charge in [0.1, 0.15) is 17.3 Å². The summed E-state index contributed by atoms with van der Waals surface area (Å²) in [6, 6.07) is 17.6. The van der Waals surface area contributed by atoms with E-state index in [0.717, 1.165) is 80.5 Å². The van der Waals surface area contributed by atoms with Crippen LogP contribution in [-0.4, -0.2) is 46.9 Å². The molecular formula is C27H31N3O3. The third-order valence-electron chi connectivity index (χ3n) is 6.58. The first-order valence-corrected chi connectivity index (χ1v) is 11.9. The van der Waals surface area contributed by atoms with E-state index in [9.17, 15) is 4.79 Å². The lowest BCUT2D eigenvalue weighted by Crippen LogP contribution is -2.41. The van der Waals surface area contributed by atoms with Crippen LogP contribution >= 0.6 is 0 Å². The smallest absolute Gasteiger partial charge is 0.226 e. The monoisotopic (exact) mass is 445 g/mol. The van der Waals surface area contributed by atoms with Crippen LogP contribution in [0, 0.1) is 12.8 Å². The zero-order valence-electron chi connectivity index (χ0n) is 19.2. The molecule has 3 aromatic rings. The molecule has 0 aliphatic carbocycles. The number of amides is 1. The van der Waals surface area contributed by atoms with Crippen molar-refractivity contribution < 1.29 is 13.9 Å². The topological polar surface area (TPSA) is 58.8 Å². The van der Waals surface area contributed by atoms with E-state index >= 15 is 0 Å². The molecule has 2 saturated heterocycles. The molecule has 0 N–H and O–H groups in total. The molecule has 172 valence electrons. The van der Waals surface area contributed by atoms with Crippen molar-refractivity contribution in [2.75, 3.05) is 26.2 Å². The largest absolute Gasteiger partial charge is 0.457 e. The van der Waals surface area contributed by atoms with E-state index < -0.39 is 0 Å². The maximum atomic E-state index is 12.0. The van der Waals surface area contributed by atoms with Crippen LogP contribution in [0.3, 0.4) is 0 Å². The fourth-order valence-electron chi connectivity index (χ4n) is 4.88. The van der Waals surface area contributed by atoms with E-state index in [0.29, 0.717) is 17.7 Å². The van der Waals surface area contributed by atoms with E-state index in [4.69, 9.17) is 14.1 Å². The van der Waals surface area contributed by atoms with Gasteiger partial charge in [-0.3, -0.25) is 9.69 Å². The summed E-state index contributed by atoms with van der Waals surface area (Å²) >= 11 is 0. The number of carbonyl (C=O) groups is 1. The zero-order chi connectivity index (χ0) is 22.6. The van der Waals surface area contributed by atoms with Gasteiger partial charge in [0.25, 0.3) is 0 Å². The Morgan fingerprint density at radius 2 is 1.91 bits per heavy atom. The number of aromatic nitrogens is 1. The highest BCUT2D eigenvalue weighted by Gasteiger charge is 2.27. The fraction of sp³-hybridized carbons (Fsp3) is 0.407. The van der Waals surface area contributed by atoms with Crippen LogP contribution < -0.4 is 4.74 Å². The molecular weight excluding hydrogens is 414 g/mol. The number of carbonyl (C=O) groups excluding carboxylic acids is 1. The summed E-state index contributed by atoms with van der Waals surface area (Å²) in [6.07, 6.45) is 4.08. The van der Waals surface area contributed by atoms with Crippen molar-refractivity contribution in [3.05, 3.63) is 66.1 Å². The summed E-state index contributed by atoms with van der Waals surface area (Å²) in [5.74, 6) is 3.90. The second-order valence-electron chi connectivity index (χ2n) is 9.15. The van der Waals surface area contributed by atoms with Crippen LogP contribution in [0.15, 0.2) is 59.0 Å². The predicted octanol–water partition coefficient (Wildman–Crippen LogP) is 5.28. The number of hydrogen-bond acceptors (Lipinski definition) is 5. The molecule has 2 fully saturated rings. The lowest BCUT2D eigenvalue weighted by molar-refractivity contribution is -0.128. The summed E-state index contributed by atoms with van der Waals surface area (Å²) in [4.78, 5) is 21.4. The second kappa shape index (κ2) is 9.79. The maximum Gasteiger partial charge on any atom is 0.226 e. The summed E-state index contributed by atoms with van der Waals surface area (Å²) in [7, 11) is 0. The Kier molecular flexibility index (Phi) is 6.44. The van der Waals surface area contributed by atoms with Crippen LogP contribution in [0.1, 0.15) is 37.1 Å². The number of aryl methyl sites for hydroxylation is 1. The maximum absolute atomic E-state index is 12.0. The van der Waals surface area contributed by atoms with Crippen molar-refractivity contribution in [1.29, 1.82) is 0 Å². The second-order valence-corrected chi connectivity index (χ2v) is 9.15. The third-order valence-corrected chi connectivity index (χ3v) is 6.58. The first-order chi connectivity index (χ1) is 16.1. The molecule has 6 nitrogen and oxygen atoms in total. The summed E-state index contributed by atoms with van der Waals surface area (Å²) in [6.45, 7) is 6.65. The Morgan fingerprint density at radius 1 is 1.06 bits per heavy atom. The lowest BCUT2D eigenvalue weighted by atomic mass is 9.97. The number of para-hydroxylation sites is 1. The quantitative estimate of drug-likeness (QED) is 0.495. The van der Waals surface area contributed by atoms with Crippen LogP contribution in [0.5, 0.6) is 11.5 Å². The van der Waals surface area contributed by atoms with Crippen molar-refractivity contribution in [2.45, 2.75) is 39.2 Å². The van der Waals surface area contributed by atoms with E-state index in [1.807, 2.05) is 61.5 Å². The minimum absolute atomic E-state index is 0.322. The normalized spacial score (nSPS) is 19.2. The van der Waals surface area contributed by atoms with Crippen molar-refractivity contribution in [2.24, 2.45) is 5.92 Å². The fourth-order valence-corrected chi connectivity index (χ4v) is 4.88. The third kappa shape index (κ3) is 5.28. The molecule has 2 aliphatic rings. The molecule has 0 spiro atoms. The molecule has 1 atom stereocenters. The highest BCUT2D eigenvalue weighted by atomic mass is 16.5. The van der Waals surface area contributed by atoms with Gasteiger partial charge in [0.05, 0.1) is 5.69 Å². The number of piperidine rings is 1. The van der Waals surface area contributed by atoms with Gasteiger partial charge in [0, 0.05) is 38.2 Å². The Labute approximate surface area is 195 Å². The van der Waals surface area contributed by atoms with E-state index in [1.54, 1.807) is 0 Å². The van der Waals surface area contributed by atoms with Gasteiger partial charge in [0.2, 0.25) is 11.8 Å². The predicted molar refractivity (Wildman–Crippen MR) is 127 cm³/mol. The van der Waals surface area contributed by atoms with Gasteiger partial charge >= 0.3 is 0 Å². The van der Waals surface area contributed by atoms with Crippen molar-refractivity contribution >= 4 is 5.91 Å². The van der Waals surface area contributed by atoms with Crippen molar-refractivity contribution in [3.63, 3.8) is 0 Å². The van der Waals surface area contributed by atoms with Crippen molar-refractivity contribution in [1.82, 2.24) is 14.8 Å². The van der Waals surface area contributed by atoms with Crippen LogP contribution in [0.4, 0.5) is 0 Å². The summed E-state index contributed by atoms with van der Waals surface area (Å²) < 4.78 is 12.0. The highest BCUT2D eigenvalue weighted by Crippen LogP contribution is 2.29. The molecule has 1 amide bonds. The van der Waals surface area contributed by atoms with Crippen molar-refractivity contribution in [3.8, 4) is 23.0 Å². The Bertz CT molecular complexity index is 1100. The molecule has 0 saturated carbocycles. The standard InChI is InChI=1S/C27H31N3O3/c1-20-25(19-29-14-6-8-21(17-29)18-30-15-7-13-26(30)31)28-27(32-20)22-9-5-12-24(16-22)33-23-10-3-2-4-11-23/h2-5,9-12,16,21H,6-8,13-15,17-19H2,1H3. The minimum atomic E-state index is 0.322. The van der Waals surface area contributed by atoms with Gasteiger partial charge in [-0.2, -0.15) is 0 Å². The Balaban J connectivity index is 1.24. The molecule has 33 heavy (non-hydrogen) atoms.